The van der Waals surface area contributed by atoms with Crippen molar-refractivity contribution >= 4 is 22.4 Å². The second-order valence-corrected chi connectivity index (χ2v) is 7.64. The molecule has 0 spiro atoms. The van der Waals surface area contributed by atoms with E-state index in [1.54, 1.807) is 0 Å². The van der Waals surface area contributed by atoms with Crippen LogP contribution in [0.1, 0.15) is 35.7 Å². The van der Waals surface area contributed by atoms with Gasteiger partial charge in [0.2, 0.25) is 0 Å². The molecular weight excluding hydrogens is 332 g/mol. The summed E-state index contributed by atoms with van der Waals surface area (Å²) >= 11 is 0. The van der Waals surface area contributed by atoms with Crippen LogP contribution >= 0.6 is 0 Å². The highest BCUT2D eigenvalue weighted by Gasteiger charge is 2.15. The van der Waals surface area contributed by atoms with Crippen LogP contribution in [0, 0.1) is 5.92 Å². The molecule has 1 heterocycles. The maximum absolute atomic E-state index is 12.7. The Bertz CT molecular complexity index is 919. The van der Waals surface area contributed by atoms with Gasteiger partial charge in [-0.05, 0) is 66.4 Å². The Kier molecular flexibility index (Phi) is 5.21. The highest BCUT2D eigenvalue weighted by atomic mass is 16.1. The van der Waals surface area contributed by atoms with Gasteiger partial charge in [0.1, 0.15) is 0 Å². The molecule has 0 saturated carbocycles. The number of benzene rings is 3. The molecule has 4 rings (SSSR count). The molecule has 1 amide bonds. The first-order chi connectivity index (χ1) is 13.2. The topological polar surface area (TPSA) is 32.3 Å². The molecule has 0 aliphatic carbocycles. The normalized spacial score (nSPS) is 15.7. The van der Waals surface area contributed by atoms with Gasteiger partial charge in [-0.3, -0.25) is 9.69 Å². The number of carbonyl (C=O) groups is 1. The van der Waals surface area contributed by atoms with E-state index in [1.165, 1.54) is 31.5 Å². The summed E-state index contributed by atoms with van der Waals surface area (Å²) in [7, 11) is 0. The van der Waals surface area contributed by atoms with Crippen molar-refractivity contribution in [3.05, 3.63) is 77.9 Å². The third-order valence-corrected chi connectivity index (χ3v) is 5.53. The van der Waals surface area contributed by atoms with Crippen molar-refractivity contribution in [2.75, 3.05) is 18.4 Å². The predicted octanol–water partition coefficient (Wildman–Crippen LogP) is 5.32. The van der Waals surface area contributed by atoms with Crippen molar-refractivity contribution < 1.29 is 4.79 Å². The van der Waals surface area contributed by atoms with E-state index in [1.807, 2.05) is 54.6 Å². The molecule has 3 aromatic carbocycles. The van der Waals surface area contributed by atoms with E-state index in [2.05, 4.69) is 29.3 Å². The molecule has 1 aliphatic heterocycles. The van der Waals surface area contributed by atoms with Gasteiger partial charge in [0.15, 0.2) is 0 Å². The van der Waals surface area contributed by atoms with Crippen LogP contribution in [0.2, 0.25) is 0 Å². The number of nitrogens with zero attached hydrogens (tertiary/aromatic N) is 1. The molecule has 1 fully saturated rings. The number of hydrogen-bond donors (Lipinski definition) is 1. The Hall–Kier alpha value is -2.65. The minimum Gasteiger partial charge on any atom is -0.322 e. The highest BCUT2D eigenvalue weighted by molar-refractivity contribution is 6.12. The standard InChI is InChI=1S/C24H26N2O/c1-18-13-15-26(16-14-18)17-19-9-11-21(12-10-19)25-24(27)23-8-4-6-20-5-2-3-7-22(20)23/h2-12,18H,13-17H2,1H3,(H,25,27). The number of carbonyl (C=O) groups excluding carboxylic acids is 1. The summed E-state index contributed by atoms with van der Waals surface area (Å²) in [6, 6.07) is 22.1. The fourth-order valence-corrected chi connectivity index (χ4v) is 3.79. The van der Waals surface area contributed by atoms with Crippen molar-refractivity contribution in [3.63, 3.8) is 0 Å². The molecule has 3 heteroatoms. The molecular formula is C24H26N2O. The van der Waals surface area contributed by atoms with Gasteiger partial charge in [-0.1, -0.05) is 55.5 Å². The first-order valence-corrected chi connectivity index (χ1v) is 9.79. The monoisotopic (exact) mass is 358 g/mol. The third kappa shape index (κ3) is 4.20. The SMILES string of the molecule is CC1CCN(Cc2ccc(NC(=O)c3cccc4ccccc34)cc2)CC1. The zero-order valence-corrected chi connectivity index (χ0v) is 15.8. The number of rotatable bonds is 4. The summed E-state index contributed by atoms with van der Waals surface area (Å²) in [4.78, 5) is 15.3. The average molecular weight is 358 g/mol. The number of hydrogen-bond acceptors (Lipinski definition) is 2. The molecule has 138 valence electrons. The largest absolute Gasteiger partial charge is 0.322 e. The number of piperidine rings is 1. The van der Waals surface area contributed by atoms with Gasteiger partial charge in [-0.15, -0.1) is 0 Å². The first-order valence-electron chi connectivity index (χ1n) is 9.79. The van der Waals surface area contributed by atoms with E-state index in [-0.39, 0.29) is 5.91 Å². The van der Waals surface area contributed by atoms with E-state index in [0.29, 0.717) is 5.56 Å². The van der Waals surface area contributed by atoms with Crippen molar-refractivity contribution in [3.8, 4) is 0 Å². The molecule has 0 aromatic heterocycles. The van der Waals surface area contributed by atoms with Crippen molar-refractivity contribution in [2.45, 2.75) is 26.3 Å². The molecule has 3 aromatic rings. The maximum Gasteiger partial charge on any atom is 0.256 e. The van der Waals surface area contributed by atoms with Gasteiger partial charge in [-0.25, -0.2) is 0 Å². The molecule has 1 N–H and O–H groups in total. The van der Waals surface area contributed by atoms with Gasteiger partial charge >= 0.3 is 0 Å². The summed E-state index contributed by atoms with van der Waals surface area (Å²) in [5.74, 6) is 0.789. The molecule has 27 heavy (non-hydrogen) atoms. The third-order valence-electron chi connectivity index (χ3n) is 5.53. The molecule has 0 radical (unpaired) electrons. The van der Waals surface area contributed by atoms with Gasteiger partial charge < -0.3 is 5.32 Å². The Labute approximate surface area is 161 Å². The number of fused-ring (bicyclic) bond motifs is 1. The molecule has 3 nitrogen and oxygen atoms in total. The van der Waals surface area contributed by atoms with Crippen LogP contribution in [0.25, 0.3) is 10.8 Å². The van der Waals surface area contributed by atoms with Crippen LogP contribution in [0.15, 0.2) is 66.7 Å². The van der Waals surface area contributed by atoms with Crippen LogP contribution in [0.3, 0.4) is 0 Å². The van der Waals surface area contributed by atoms with Crippen molar-refractivity contribution in [1.82, 2.24) is 4.90 Å². The number of likely N-dealkylation sites (tertiary alicyclic amines) is 1. The van der Waals surface area contributed by atoms with Crippen LogP contribution in [0.4, 0.5) is 5.69 Å². The highest BCUT2D eigenvalue weighted by Crippen LogP contribution is 2.21. The van der Waals surface area contributed by atoms with E-state index in [4.69, 9.17) is 0 Å². The van der Waals surface area contributed by atoms with E-state index in [0.717, 1.165) is 28.9 Å². The Morgan fingerprint density at radius 3 is 2.44 bits per heavy atom. The average Bonchev–Trinajstić information content (AvgIpc) is 2.71. The second kappa shape index (κ2) is 7.93. The minimum atomic E-state index is -0.0652. The van der Waals surface area contributed by atoms with Crippen molar-refractivity contribution in [2.24, 2.45) is 5.92 Å². The molecule has 0 atom stereocenters. The summed E-state index contributed by atoms with van der Waals surface area (Å²) in [6.07, 6.45) is 2.58. The zero-order chi connectivity index (χ0) is 18.6. The first kappa shape index (κ1) is 17.7. The molecule has 1 saturated heterocycles. The summed E-state index contributed by atoms with van der Waals surface area (Å²) in [6.45, 7) is 5.69. The lowest BCUT2D eigenvalue weighted by Crippen LogP contribution is -2.32. The lowest BCUT2D eigenvalue weighted by molar-refractivity contribution is 0.102. The Morgan fingerprint density at radius 1 is 0.963 bits per heavy atom. The van der Waals surface area contributed by atoms with E-state index >= 15 is 0 Å². The summed E-state index contributed by atoms with van der Waals surface area (Å²) < 4.78 is 0. The van der Waals surface area contributed by atoms with Gasteiger partial charge in [0, 0.05) is 17.8 Å². The zero-order valence-electron chi connectivity index (χ0n) is 15.8. The van der Waals surface area contributed by atoms with E-state index < -0.39 is 0 Å². The fourth-order valence-electron chi connectivity index (χ4n) is 3.79. The fraction of sp³-hybridized carbons (Fsp3) is 0.292. The summed E-state index contributed by atoms with van der Waals surface area (Å²) in [5, 5.41) is 5.09. The smallest absolute Gasteiger partial charge is 0.256 e. The maximum atomic E-state index is 12.7. The van der Waals surface area contributed by atoms with E-state index in [9.17, 15) is 4.79 Å². The molecule has 0 bridgehead atoms. The van der Waals surface area contributed by atoms with Crippen LogP contribution < -0.4 is 5.32 Å². The van der Waals surface area contributed by atoms with Gasteiger partial charge in [-0.2, -0.15) is 0 Å². The van der Waals surface area contributed by atoms with Gasteiger partial charge in [0.25, 0.3) is 5.91 Å². The summed E-state index contributed by atoms with van der Waals surface area (Å²) in [5.41, 5.74) is 2.84. The lowest BCUT2D eigenvalue weighted by atomic mass is 9.99. The minimum absolute atomic E-state index is 0.0652. The van der Waals surface area contributed by atoms with Crippen LogP contribution in [-0.4, -0.2) is 23.9 Å². The second-order valence-electron chi connectivity index (χ2n) is 7.64. The Morgan fingerprint density at radius 2 is 1.67 bits per heavy atom. The number of amides is 1. The van der Waals surface area contributed by atoms with Crippen molar-refractivity contribution in [1.29, 1.82) is 0 Å². The Balaban J connectivity index is 1.43. The van der Waals surface area contributed by atoms with Gasteiger partial charge in [0.05, 0.1) is 0 Å². The number of anilines is 1. The lowest BCUT2D eigenvalue weighted by Gasteiger charge is -2.30. The number of nitrogens with one attached hydrogen (secondary N) is 1. The molecule has 1 aliphatic rings. The molecule has 0 unspecified atom stereocenters. The quantitative estimate of drug-likeness (QED) is 0.684. The predicted molar refractivity (Wildman–Crippen MR) is 112 cm³/mol. The van der Waals surface area contributed by atoms with Crippen LogP contribution in [-0.2, 0) is 6.54 Å². The van der Waals surface area contributed by atoms with Crippen LogP contribution in [0.5, 0.6) is 0 Å².